The van der Waals surface area contributed by atoms with Gasteiger partial charge in [-0.05, 0) is 32.9 Å². The molecule has 1 amide bonds. The van der Waals surface area contributed by atoms with Crippen LogP contribution >= 0.6 is 23.4 Å². The Labute approximate surface area is 242 Å². The van der Waals surface area contributed by atoms with E-state index in [-0.39, 0.29) is 86.7 Å². The largest absolute Gasteiger partial charge is 1.00 e. The van der Waals surface area contributed by atoms with E-state index in [9.17, 15) is 29.0 Å². The summed E-state index contributed by atoms with van der Waals surface area (Å²) in [5.41, 5.74) is -0.588. The maximum atomic E-state index is 14.4. The van der Waals surface area contributed by atoms with Crippen molar-refractivity contribution >= 4 is 41.2 Å². The van der Waals surface area contributed by atoms with E-state index in [0.717, 1.165) is 17.8 Å². The van der Waals surface area contributed by atoms with Crippen molar-refractivity contribution in [3.05, 3.63) is 40.4 Å². The zero-order valence-electron chi connectivity index (χ0n) is 18.5. The predicted molar refractivity (Wildman–Crippen MR) is 105 cm³/mol. The van der Waals surface area contributed by atoms with Gasteiger partial charge in [-0.15, -0.1) is 11.8 Å². The number of hydrogen-bond donors (Lipinski definition) is 2. The molecule has 1 fully saturated rings. The first-order chi connectivity index (χ1) is 14.4. The fraction of sp³-hybridized carbons (Fsp3) is 0.368. The molecule has 14 heteroatoms. The number of benzene rings is 1. The van der Waals surface area contributed by atoms with E-state index in [1.807, 2.05) is 0 Å². The SMILES string of the molecule is Cc1onc(-c2c(F)cccc2Cl)c1C(=O)NC(C(=O)[O-])C1NC(C(=O)[O-])C(C)(C)S1.[Na+].[Na+]. The average molecular weight is 516 g/mol. The molecule has 1 saturated heterocycles. The molecule has 0 spiro atoms. The summed E-state index contributed by atoms with van der Waals surface area (Å²) in [4.78, 5) is 36.1. The smallest absolute Gasteiger partial charge is 0.548 e. The molecule has 3 rings (SSSR count). The minimum Gasteiger partial charge on any atom is -0.548 e. The average Bonchev–Trinajstić information content (AvgIpc) is 3.18. The van der Waals surface area contributed by atoms with Gasteiger partial charge in [0.2, 0.25) is 0 Å². The van der Waals surface area contributed by atoms with Crippen LogP contribution in [0.1, 0.15) is 30.0 Å². The third kappa shape index (κ3) is 6.33. The first-order valence-corrected chi connectivity index (χ1v) is 10.3. The van der Waals surface area contributed by atoms with Crippen LogP contribution in [0.15, 0.2) is 22.7 Å². The van der Waals surface area contributed by atoms with Gasteiger partial charge in [0.25, 0.3) is 5.91 Å². The monoisotopic (exact) mass is 515 g/mol. The molecule has 3 atom stereocenters. The molecule has 1 aromatic carbocycles. The number of carbonyl (C=O) groups is 3. The van der Waals surface area contributed by atoms with Crippen molar-refractivity contribution in [3.8, 4) is 11.3 Å². The number of carboxylic acid groups (broad SMARTS) is 2. The zero-order chi connectivity index (χ0) is 23.1. The summed E-state index contributed by atoms with van der Waals surface area (Å²) in [6.45, 7) is 4.59. The van der Waals surface area contributed by atoms with Gasteiger partial charge in [0.05, 0.1) is 40.0 Å². The van der Waals surface area contributed by atoms with Crippen molar-refractivity contribution in [3.63, 3.8) is 0 Å². The number of aromatic nitrogens is 1. The molecule has 0 aliphatic carbocycles. The number of halogens is 2. The van der Waals surface area contributed by atoms with Crippen molar-refractivity contribution in [1.29, 1.82) is 0 Å². The van der Waals surface area contributed by atoms with Gasteiger partial charge in [0.1, 0.15) is 22.8 Å². The number of nitrogens with zero attached hydrogens (tertiary/aromatic N) is 1. The quantitative estimate of drug-likeness (QED) is 0.359. The fourth-order valence-electron chi connectivity index (χ4n) is 3.32. The number of aliphatic carboxylic acids is 2. The topological polar surface area (TPSA) is 147 Å². The van der Waals surface area contributed by atoms with Crippen LogP contribution < -0.4 is 80.0 Å². The molecule has 1 aliphatic heterocycles. The summed E-state index contributed by atoms with van der Waals surface area (Å²) >= 11 is 7.06. The first kappa shape index (κ1) is 30.4. The maximum absolute atomic E-state index is 14.4. The number of rotatable bonds is 6. The van der Waals surface area contributed by atoms with E-state index in [1.165, 1.54) is 19.1 Å². The summed E-state index contributed by atoms with van der Waals surface area (Å²) in [6.07, 6.45) is 0. The molecule has 0 saturated carbocycles. The summed E-state index contributed by atoms with van der Waals surface area (Å²) in [6, 6.07) is 1.11. The van der Waals surface area contributed by atoms with Crippen molar-refractivity contribution in [2.45, 2.75) is 43.0 Å². The first-order valence-electron chi connectivity index (χ1n) is 9.01. The number of aryl methyl sites for hydroxylation is 1. The Morgan fingerprint density at radius 3 is 2.45 bits per heavy atom. The number of carbonyl (C=O) groups excluding carboxylic acids is 3. The van der Waals surface area contributed by atoms with Gasteiger partial charge in [0.15, 0.2) is 0 Å². The molecule has 2 aromatic rings. The third-order valence-corrected chi connectivity index (χ3v) is 6.65. The minimum absolute atomic E-state index is 0. The summed E-state index contributed by atoms with van der Waals surface area (Å²) in [5.74, 6) is -4.73. The standard InChI is InChI=1S/C19H19ClFN3O6S.2Na/c1-7-10(12(24-30-7)11-8(20)5-4-6-9(11)21)15(25)22-13(17(26)27)16-23-14(18(28)29)19(2,3)31-16;;/h4-6,13-14,16,23H,1-3H3,(H,22,25)(H,26,27)(H,28,29);;/q;2*+1/p-2. The Morgan fingerprint density at radius 1 is 1.30 bits per heavy atom. The van der Waals surface area contributed by atoms with E-state index in [1.54, 1.807) is 13.8 Å². The van der Waals surface area contributed by atoms with E-state index in [4.69, 9.17) is 16.1 Å². The molecule has 33 heavy (non-hydrogen) atoms. The molecule has 0 radical (unpaired) electrons. The van der Waals surface area contributed by atoms with Crippen LogP contribution in [0.4, 0.5) is 4.39 Å². The van der Waals surface area contributed by atoms with Gasteiger partial charge >= 0.3 is 59.1 Å². The Hall–Kier alpha value is -0.630. The van der Waals surface area contributed by atoms with E-state index in [0.29, 0.717) is 0 Å². The molecule has 1 aromatic heterocycles. The van der Waals surface area contributed by atoms with Crippen molar-refractivity contribution in [2.75, 3.05) is 0 Å². The van der Waals surface area contributed by atoms with Gasteiger partial charge in [0, 0.05) is 4.75 Å². The summed E-state index contributed by atoms with van der Waals surface area (Å²) in [5, 5.41) is 30.7. The molecule has 166 valence electrons. The van der Waals surface area contributed by atoms with Crippen LogP contribution in [0.2, 0.25) is 5.02 Å². The molecule has 2 heterocycles. The van der Waals surface area contributed by atoms with Gasteiger partial charge < -0.3 is 29.6 Å². The van der Waals surface area contributed by atoms with E-state index in [2.05, 4.69) is 15.8 Å². The van der Waals surface area contributed by atoms with E-state index >= 15 is 0 Å². The molecule has 3 unspecified atom stereocenters. The van der Waals surface area contributed by atoms with Crippen LogP contribution in [-0.2, 0) is 9.59 Å². The van der Waals surface area contributed by atoms with Crippen molar-refractivity contribution < 1.29 is 92.6 Å². The normalized spacial score (nSPS) is 19.7. The summed E-state index contributed by atoms with van der Waals surface area (Å²) in [7, 11) is 0. The molecule has 1 aliphatic rings. The fourth-order valence-corrected chi connectivity index (χ4v) is 5.04. The van der Waals surface area contributed by atoms with Crippen LogP contribution in [0.25, 0.3) is 11.3 Å². The number of amides is 1. The second-order valence-electron chi connectivity index (χ2n) is 7.39. The Morgan fingerprint density at radius 2 is 1.94 bits per heavy atom. The van der Waals surface area contributed by atoms with Gasteiger partial charge in [-0.1, -0.05) is 22.8 Å². The second-order valence-corrected chi connectivity index (χ2v) is 9.59. The third-order valence-electron chi connectivity index (χ3n) is 4.83. The van der Waals surface area contributed by atoms with Crippen molar-refractivity contribution in [2.24, 2.45) is 0 Å². The molecule has 2 N–H and O–H groups in total. The molecule has 0 bridgehead atoms. The van der Waals surface area contributed by atoms with Crippen LogP contribution in [-0.4, -0.2) is 45.2 Å². The molecule has 9 nitrogen and oxygen atoms in total. The van der Waals surface area contributed by atoms with E-state index < -0.39 is 45.9 Å². The van der Waals surface area contributed by atoms with Crippen molar-refractivity contribution in [1.82, 2.24) is 15.8 Å². The zero-order valence-corrected chi connectivity index (χ0v) is 24.1. The minimum atomic E-state index is -1.65. The summed E-state index contributed by atoms with van der Waals surface area (Å²) < 4.78 is 18.5. The Kier molecular flexibility index (Phi) is 10.9. The predicted octanol–water partition coefficient (Wildman–Crippen LogP) is -6.14. The Bertz CT molecular complexity index is 1050. The second kappa shape index (κ2) is 11.9. The number of carboxylic acids is 2. The van der Waals surface area contributed by atoms with Gasteiger partial charge in [-0.25, -0.2) is 4.39 Å². The Balaban J connectivity index is 0.00000272. The number of nitrogens with one attached hydrogen (secondary N) is 2. The van der Waals surface area contributed by atoms with Crippen LogP contribution in [0, 0.1) is 12.7 Å². The van der Waals surface area contributed by atoms with Crippen LogP contribution in [0.3, 0.4) is 0 Å². The van der Waals surface area contributed by atoms with Crippen LogP contribution in [0.5, 0.6) is 0 Å². The number of thioether (sulfide) groups is 1. The van der Waals surface area contributed by atoms with Gasteiger partial charge in [-0.3, -0.25) is 10.1 Å². The van der Waals surface area contributed by atoms with Gasteiger partial charge in [-0.2, -0.15) is 0 Å². The molecular formula is C19H17ClFN3Na2O6S. The maximum Gasteiger partial charge on any atom is 1.00 e. The number of hydrogen-bond acceptors (Lipinski definition) is 9. The molecular weight excluding hydrogens is 499 g/mol.